The molecule has 82 valence electrons. The summed E-state index contributed by atoms with van der Waals surface area (Å²) >= 11 is 0. The summed E-state index contributed by atoms with van der Waals surface area (Å²) < 4.78 is 5.39. The van der Waals surface area contributed by atoms with Crippen molar-refractivity contribution >= 4 is 11.9 Å². The average Bonchev–Trinajstić information content (AvgIpc) is 2.72. The van der Waals surface area contributed by atoms with Gasteiger partial charge in [0.2, 0.25) is 0 Å². The minimum absolute atomic E-state index is 0.0504. The van der Waals surface area contributed by atoms with Crippen molar-refractivity contribution in [2.45, 2.75) is 32.0 Å². The smallest absolute Gasteiger partial charge is 0.334 e. The van der Waals surface area contributed by atoms with E-state index in [0.29, 0.717) is 6.42 Å². The van der Waals surface area contributed by atoms with Gasteiger partial charge < -0.3 is 14.9 Å². The van der Waals surface area contributed by atoms with Gasteiger partial charge in [-0.1, -0.05) is 13.3 Å². The summed E-state index contributed by atoms with van der Waals surface area (Å²) in [5, 5.41) is 17.9. The summed E-state index contributed by atoms with van der Waals surface area (Å²) in [6.07, 6.45) is 0.386. The van der Waals surface area contributed by atoms with Crippen LogP contribution in [0.1, 0.15) is 19.8 Å². The number of ether oxygens (including phenoxy) is 1. The van der Waals surface area contributed by atoms with Crippen LogP contribution in [0, 0.1) is 5.92 Å². The molecule has 0 radical (unpaired) electrons. The normalized spacial score (nSPS) is 33.5. The second kappa shape index (κ2) is 3.34. The number of carboxylic acid groups (broad SMARTS) is 2. The highest BCUT2D eigenvalue weighted by atomic mass is 16.5. The molecule has 2 heterocycles. The van der Waals surface area contributed by atoms with Gasteiger partial charge >= 0.3 is 11.9 Å². The third kappa shape index (κ3) is 1.34. The Kier molecular flexibility index (Phi) is 2.26. The van der Waals surface area contributed by atoms with Gasteiger partial charge in [0.1, 0.15) is 0 Å². The molecule has 0 saturated carbocycles. The lowest BCUT2D eigenvalue weighted by molar-refractivity contribution is -0.136. The molecular formula is C10H12O5. The zero-order chi connectivity index (χ0) is 11.2. The quantitative estimate of drug-likeness (QED) is 0.717. The van der Waals surface area contributed by atoms with Crippen LogP contribution in [0.2, 0.25) is 0 Å². The van der Waals surface area contributed by atoms with Crippen molar-refractivity contribution in [2.24, 2.45) is 5.92 Å². The summed E-state index contributed by atoms with van der Waals surface area (Å²) in [6.45, 7) is 1.95. The maximum atomic E-state index is 11.0. The van der Waals surface area contributed by atoms with Crippen molar-refractivity contribution in [3.05, 3.63) is 11.1 Å². The van der Waals surface area contributed by atoms with Crippen LogP contribution >= 0.6 is 0 Å². The molecule has 2 aliphatic heterocycles. The van der Waals surface area contributed by atoms with Crippen LogP contribution in [0.25, 0.3) is 0 Å². The molecule has 2 N–H and O–H groups in total. The molecule has 3 unspecified atom stereocenters. The van der Waals surface area contributed by atoms with E-state index in [1.165, 1.54) is 0 Å². The first kappa shape index (κ1) is 10.2. The van der Waals surface area contributed by atoms with Crippen molar-refractivity contribution in [3.63, 3.8) is 0 Å². The van der Waals surface area contributed by atoms with Gasteiger partial charge in [-0.3, -0.25) is 0 Å². The molecule has 0 amide bonds. The number of rotatable bonds is 3. The molecule has 2 bridgehead atoms. The molecule has 1 saturated heterocycles. The fourth-order valence-corrected chi connectivity index (χ4v) is 2.43. The van der Waals surface area contributed by atoms with E-state index in [9.17, 15) is 9.59 Å². The lowest BCUT2D eigenvalue weighted by Crippen LogP contribution is -2.27. The summed E-state index contributed by atoms with van der Waals surface area (Å²) in [5.41, 5.74) is -0.109. The minimum atomic E-state index is -1.17. The Labute approximate surface area is 86.3 Å². The zero-order valence-corrected chi connectivity index (χ0v) is 8.27. The van der Waals surface area contributed by atoms with E-state index < -0.39 is 24.1 Å². The molecule has 0 spiro atoms. The van der Waals surface area contributed by atoms with Crippen LogP contribution in [0.3, 0.4) is 0 Å². The van der Waals surface area contributed by atoms with Crippen LogP contribution in [-0.4, -0.2) is 34.4 Å². The molecule has 1 fully saturated rings. The highest BCUT2D eigenvalue weighted by molar-refractivity contribution is 6.01. The number of hydrogen-bond donors (Lipinski definition) is 2. The maximum absolute atomic E-state index is 11.0. The first-order valence-corrected chi connectivity index (χ1v) is 4.92. The Hall–Kier alpha value is -1.36. The molecule has 0 aromatic heterocycles. The van der Waals surface area contributed by atoms with Gasteiger partial charge in [-0.25, -0.2) is 9.59 Å². The molecule has 2 aliphatic rings. The molecule has 0 aromatic carbocycles. The predicted octanol–water partition coefficient (Wildman–Crippen LogP) is 0.650. The van der Waals surface area contributed by atoms with Crippen molar-refractivity contribution in [1.29, 1.82) is 0 Å². The fraction of sp³-hybridized carbons (Fsp3) is 0.600. The number of hydrogen-bond acceptors (Lipinski definition) is 3. The average molecular weight is 212 g/mol. The first-order chi connectivity index (χ1) is 7.06. The molecule has 3 atom stereocenters. The van der Waals surface area contributed by atoms with Gasteiger partial charge in [0.05, 0.1) is 23.4 Å². The van der Waals surface area contributed by atoms with Crippen LogP contribution in [0.15, 0.2) is 11.1 Å². The lowest BCUT2D eigenvalue weighted by Gasteiger charge is -2.18. The van der Waals surface area contributed by atoms with E-state index in [4.69, 9.17) is 14.9 Å². The zero-order valence-electron chi connectivity index (χ0n) is 8.27. The van der Waals surface area contributed by atoms with Crippen molar-refractivity contribution in [2.75, 3.05) is 0 Å². The monoisotopic (exact) mass is 212 g/mol. The third-order valence-corrected chi connectivity index (χ3v) is 3.14. The second-order valence-electron chi connectivity index (χ2n) is 3.89. The van der Waals surface area contributed by atoms with E-state index >= 15 is 0 Å². The van der Waals surface area contributed by atoms with Crippen LogP contribution in [0.5, 0.6) is 0 Å². The fourth-order valence-electron chi connectivity index (χ4n) is 2.43. The number of carbonyl (C=O) groups is 2. The maximum Gasteiger partial charge on any atom is 0.334 e. The second-order valence-corrected chi connectivity index (χ2v) is 3.89. The van der Waals surface area contributed by atoms with Gasteiger partial charge in [-0.15, -0.1) is 0 Å². The van der Waals surface area contributed by atoms with Crippen molar-refractivity contribution in [3.8, 4) is 0 Å². The summed E-state index contributed by atoms with van der Waals surface area (Å²) in [4.78, 5) is 21.9. The molecule has 0 aromatic rings. The van der Waals surface area contributed by atoms with E-state index in [1.54, 1.807) is 0 Å². The lowest BCUT2D eigenvalue weighted by atomic mass is 9.82. The van der Waals surface area contributed by atoms with Gasteiger partial charge in [-0.05, 0) is 12.3 Å². The summed E-state index contributed by atoms with van der Waals surface area (Å²) in [6, 6.07) is 0. The molecule has 0 aliphatic carbocycles. The van der Waals surface area contributed by atoms with E-state index in [0.717, 1.165) is 6.42 Å². The summed E-state index contributed by atoms with van der Waals surface area (Å²) in [5.74, 6) is -2.20. The third-order valence-electron chi connectivity index (χ3n) is 3.14. The largest absolute Gasteiger partial charge is 0.478 e. The molecule has 15 heavy (non-hydrogen) atoms. The van der Waals surface area contributed by atoms with Crippen molar-refractivity contribution in [1.82, 2.24) is 0 Å². The first-order valence-electron chi connectivity index (χ1n) is 4.92. The van der Waals surface area contributed by atoms with Gasteiger partial charge in [0.15, 0.2) is 0 Å². The van der Waals surface area contributed by atoms with Gasteiger partial charge in [0.25, 0.3) is 0 Å². The highest BCUT2D eigenvalue weighted by Crippen LogP contribution is 2.44. The number of aliphatic carboxylic acids is 2. The highest BCUT2D eigenvalue weighted by Gasteiger charge is 2.50. The topological polar surface area (TPSA) is 83.8 Å². The Balaban J connectivity index is 2.42. The van der Waals surface area contributed by atoms with Gasteiger partial charge in [0, 0.05) is 0 Å². The molecule has 2 rings (SSSR count). The van der Waals surface area contributed by atoms with Gasteiger partial charge in [-0.2, -0.15) is 0 Å². The van der Waals surface area contributed by atoms with Crippen molar-refractivity contribution < 1.29 is 24.5 Å². The van der Waals surface area contributed by atoms with E-state index in [1.807, 2.05) is 6.92 Å². The number of carboxylic acids is 2. The van der Waals surface area contributed by atoms with Crippen LogP contribution in [-0.2, 0) is 14.3 Å². The minimum Gasteiger partial charge on any atom is -0.478 e. The Morgan fingerprint density at radius 3 is 2.40 bits per heavy atom. The SMILES string of the molecule is CCC1CC2OC1C(C(=O)O)=C2C(=O)O. The molecule has 5 heteroatoms. The summed E-state index contributed by atoms with van der Waals surface area (Å²) in [7, 11) is 0. The Morgan fingerprint density at radius 2 is 1.93 bits per heavy atom. The predicted molar refractivity (Wildman–Crippen MR) is 49.4 cm³/mol. The van der Waals surface area contributed by atoms with Crippen LogP contribution in [0.4, 0.5) is 0 Å². The van der Waals surface area contributed by atoms with E-state index in [2.05, 4.69) is 0 Å². The Bertz CT molecular complexity index is 357. The van der Waals surface area contributed by atoms with Crippen LogP contribution < -0.4 is 0 Å². The van der Waals surface area contributed by atoms with E-state index in [-0.39, 0.29) is 17.1 Å². The molecular weight excluding hydrogens is 200 g/mol. The Morgan fingerprint density at radius 1 is 1.33 bits per heavy atom. The standard InChI is InChI=1S/C10H12O5/c1-2-4-3-5-6(9(11)12)7(10(13)14)8(4)15-5/h4-5,8H,2-3H2,1H3,(H,11,12)(H,13,14). The number of fused-ring (bicyclic) bond motifs is 2. The molecule has 5 nitrogen and oxygen atoms in total.